The van der Waals surface area contributed by atoms with Crippen molar-refractivity contribution < 1.29 is 18.7 Å². The average molecular weight is 402 g/mol. The Morgan fingerprint density at radius 1 is 1.14 bits per heavy atom. The number of methoxy groups -OCH3 is 1. The van der Waals surface area contributed by atoms with Crippen LogP contribution in [-0.2, 0) is 6.54 Å². The van der Waals surface area contributed by atoms with E-state index in [0.29, 0.717) is 25.5 Å². The fourth-order valence-corrected chi connectivity index (χ4v) is 3.33. The Hall–Kier alpha value is -2.51. The molecule has 3 rings (SSSR count). The molecule has 29 heavy (non-hydrogen) atoms. The highest BCUT2D eigenvalue weighted by Crippen LogP contribution is 2.19. The molecular weight excluding hydrogens is 370 g/mol. The number of piperazine rings is 1. The molecule has 1 aromatic heterocycles. The van der Waals surface area contributed by atoms with Crippen molar-refractivity contribution in [3.63, 3.8) is 0 Å². The minimum Gasteiger partial charge on any atom is -0.497 e. The summed E-state index contributed by atoms with van der Waals surface area (Å²) in [6.45, 7) is 8.33. The second-order valence-electron chi connectivity index (χ2n) is 7.26. The van der Waals surface area contributed by atoms with Crippen molar-refractivity contribution in [2.24, 2.45) is 0 Å². The largest absolute Gasteiger partial charge is 0.497 e. The molecular formula is C22H31N3O4. The summed E-state index contributed by atoms with van der Waals surface area (Å²) in [6, 6.07) is 11.1. The van der Waals surface area contributed by atoms with Gasteiger partial charge in [-0.15, -0.1) is 0 Å². The van der Waals surface area contributed by atoms with Gasteiger partial charge in [0, 0.05) is 38.8 Å². The number of furan rings is 1. The monoisotopic (exact) mass is 401 g/mol. The van der Waals surface area contributed by atoms with Gasteiger partial charge in [0.1, 0.15) is 23.9 Å². The van der Waals surface area contributed by atoms with Crippen molar-refractivity contribution in [3.05, 3.63) is 47.9 Å². The zero-order chi connectivity index (χ0) is 20.6. The van der Waals surface area contributed by atoms with Gasteiger partial charge >= 0.3 is 0 Å². The van der Waals surface area contributed by atoms with Crippen LogP contribution in [0.3, 0.4) is 0 Å². The van der Waals surface area contributed by atoms with E-state index in [4.69, 9.17) is 13.9 Å². The summed E-state index contributed by atoms with van der Waals surface area (Å²) in [5.41, 5.74) is 0. The van der Waals surface area contributed by atoms with Crippen LogP contribution < -0.4 is 9.47 Å². The quantitative estimate of drug-likeness (QED) is 0.644. The van der Waals surface area contributed by atoms with Gasteiger partial charge < -0.3 is 23.7 Å². The Kier molecular flexibility index (Phi) is 7.55. The Bertz CT molecular complexity index is 784. The van der Waals surface area contributed by atoms with E-state index in [9.17, 15) is 4.79 Å². The third-order valence-corrected chi connectivity index (χ3v) is 5.19. The Morgan fingerprint density at radius 3 is 2.62 bits per heavy atom. The second kappa shape index (κ2) is 10.3. The molecule has 1 fully saturated rings. The highest BCUT2D eigenvalue weighted by molar-refractivity contribution is 5.91. The van der Waals surface area contributed by atoms with Crippen LogP contribution in [0.5, 0.6) is 11.5 Å². The normalized spacial score (nSPS) is 15.3. The minimum atomic E-state index is -0.105. The lowest BCUT2D eigenvalue weighted by molar-refractivity contribution is 0.0702. The molecule has 1 amide bonds. The van der Waals surface area contributed by atoms with Crippen molar-refractivity contribution in [2.45, 2.75) is 13.5 Å². The van der Waals surface area contributed by atoms with Crippen molar-refractivity contribution in [1.29, 1.82) is 0 Å². The van der Waals surface area contributed by atoms with E-state index < -0.39 is 0 Å². The predicted molar refractivity (Wildman–Crippen MR) is 112 cm³/mol. The maximum absolute atomic E-state index is 12.8. The molecule has 0 unspecified atom stereocenters. The molecule has 1 aliphatic rings. The van der Waals surface area contributed by atoms with Gasteiger partial charge in [-0.3, -0.25) is 9.69 Å². The molecule has 0 saturated carbocycles. The summed E-state index contributed by atoms with van der Waals surface area (Å²) < 4.78 is 16.8. The maximum atomic E-state index is 12.8. The van der Waals surface area contributed by atoms with Crippen molar-refractivity contribution in [1.82, 2.24) is 14.7 Å². The molecule has 0 N–H and O–H groups in total. The Balaban J connectivity index is 1.50. The van der Waals surface area contributed by atoms with E-state index in [2.05, 4.69) is 16.8 Å². The molecule has 0 spiro atoms. The van der Waals surface area contributed by atoms with Crippen LogP contribution in [0, 0.1) is 0 Å². The molecule has 7 nitrogen and oxygen atoms in total. The molecule has 7 heteroatoms. The summed E-state index contributed by atoms with van der Waals surface area (Å²) in [4.78, 5) is 19.2. The second-order valence-corrected chi connectivity index (χ2v) is 7.26. The van der Waals surface area contributed by atoms with Crippen LogP contribution in [0.15, 0.2) is 40.8 Å². The number of carbonyl (C=O) groups is 1. The van der Waals surface area contributed by atoms with Crippen LogP contribution in [0.4, 0.5) is 0 Å². The zero-order valence-corrected chi connectivity index (χ0v) is 17.6. The lowest BCUT2D eigenvalue weighted by atomic mass is 10.3. The van der Waals surface area contributed by atoms with Crippen LogP contribution in [0.1, 0.15) is 23.2 Å². The van der Waals surface area contributed by atoms with E-state index in [0.717, 1.165) is 50.0 Å². The fourth-order valence-electron chi connectivity index (χ4n) is 3.33. The number of carbonyl (C=O) groups excluding carboxylic acids is 1. The van der Waals surface area contributed by atoms with Gasteiger partial charge in [0.15, 0.2) is 5.76 Å². The van der Waals surface area contributed by atoms with E-state index in [1.54, 1.807) is 18.1 Å². The molecule has 2 aromatic rings. The van der Waals surface area contributed by atoms with Gasteiger partial charge in [-0.25, -0.2) is 0 Å². The van der Waals surface area contributed by atoms with Crippen molar-refractivity contribution in [3.8, 4) is 11.5 Å². The zero-order valence-electron chi connectivity index (χ0n) is 17.6. The average Bonchev–Trinajstić information content (AvgIpc) is 3.21. The summed E-state index contributed by atoms with van der Waals surface area (Å²) in [7, 11) is 3.76. The Morgan fingerprint density at radius 2 is 1.90 bits per heavy atom. The van der Waals surface area contributed by atoms with E-state index in [-0.39, 0.29) is 5.91 Å². The van der Waals surface area contributed by atoms with Gasteiger partial charge in [-0.05, 0) is 38.2 Å². The van der Waals surface area contributed by atoms with E-state index in [1.165, 1.54) is 0 Å². The van der Waals surface area contributed by atoms with E-state index in [1.807, 2.05) is 37.3 Å². The first kappa shape index (κ1) is 21.2. The number of benzene rings is 1. The number of hydrogen-bond donors (Lipinski definition) is 0. The third kappa shape index (κ3) is 5.98. The van der Waals surface area contributed by atoms with E-state index >= 15 is 0 Å². The Labute approximate surface area is 172 Å². The minimum absolute atomic E-state index is 0.105. The van der Waals surface area contributed by atoms with Gasteiger partial charge in [0.25, 0.3) is 5.91 Å². The van der Waals surface area contributed by atoms with Crippen LogP contribution in [0.25, 0.3) is 0 Å². The number of ether oxygens (including phenoxy) is 2. The van der Waals surface area contributed by atoms with Crippen LogP contribution in [-0.4, -0.2) is 80.6 Å². The van der Waals surface area contributed by atoms with Crippen molar-refractivity contribution in [2.75, 3.05) is 60.0 Å². The standard InChI is InChI=1S/C22H31N3O4/c1-4-25(14-15-28-19-7-5-6-18(16-19)27-3)22(26)21-9-8-20(29-21)17-24-12-10-23(2)11-13-24/h5-9,16H,4,10-15,17H2,1-3H3. The van der Waals surface area contributed by atoms with Crippen LogP contribution in [0.2, 0.25) is 0 Å². The molecule has 158 valence electrons. The molecule has 0 aliphatic carbocycles. The summed E-state index contributed by atoms with van der Waals surface area (Å²) in [5, 5.41) is 0. The summed E-state index contributed by atoms with van der Waals surface area (Å²) in [6.07, 6.45) is 0. The highest BCUT2D eigenvalue weighted by Gasteiger charge is 2.20. The fraction of sp³-hybridized carbons (Fsp3) is 0.500. The summed E-state index contributed by atoms with van der Waals surface area (Å²) >= 11 is 0. The maximum Gasteiger partial charge on any atom is 0.289 e. The first-order valence-electron chi connectivity index (χ1n) is 10.1. The van der Waals surface area contributed by atoms with Crippen molar-refractivity contribution >= 4 is 5.91 Å². The molecule has 1 aliphatic heterocycles. The highest BCUT2D eigenvalue weighted by atomic mass is 16.5. The first-order chi connectivity index (χ1) is 14.1. The van der Waals surface area contributed by atoms with Gasteiger partial charge in [-0.1, -0.05) is 6.07 Å². The topological polar surface area (TPSA) is 58.4 Å². The number of rotatable bonds is 9. The van der Waals surface area contributed by atoms with Gasteiger partial charge in [-0.2, -0.15) is 0 Å². The van der Waals surface area contributed by atoms with Gasteiger partial charge in [0.05, 0.1) is 20.2 Å². The predicted octanol–water partition coefficient (Wildman–Crippen LogP) is 2.58. The molecule has 0 atom stereocenters. The SMILES string of the molecule is CCN(CCOc1cccc(OC)c1)C(=O)c1ccc(CN2CCN(C)CC2)o1. The number of nitrogens with zero attached hydrogens (tertiary/aromatic N) is 3. The number of hydrogen-bond acceptors (Lipinski definition) is 6. The van der Waals surface area contributed by atoms with Gasteiger partial charge in [0.2, 0.25) is 0 Å². The summed E-state index contributed by atoms with van der Waals surface area (Å²) in [5.74, 6) is 2.58. The smallest absolute Gasteiger partial charge is 0.289 e. The molecule has 1 aromatic carbocycles. The first-order valence-corrected chi connectivity index (χ1v) is 10.1. The molecule has 0 bridgehead atoms. The lowest BCUT2D eigenvalue weighted by Crippen LogP contribution is -2.43. The lowest BCUT2D eigenvalue weighted by Gasteiger charge is -2.31. The molecule has 2 heterocycles. The molecule has 0 radical (unpaired) electrons. The number of likely N-dealkylation sites (N-methyl/N-ethyl adjacent to an activating group) is 2. The van der Waals surface area contributed by atoms with Crippen LogP contribution >= 0.6 is 0 Å². The third-order valence-electron chi connectivity index (χ3n) is 5.19. The number of amides is 1. The molecule has 1 saturated heterocycles.